The fraction of sp³-hybridized carbons (Fsp3) is 0.200. The quantitative estimate of drug-likeness (QED) is 0.567. The van der Waals surface area contributed by atoms with Crippen LogP contribution in [0, 0.1) is 0 Å². The van der Waals surface area contributed by atoms with Gasteiger partial charge in [-0.25, -0.2) is 4.79 Å². The fourth-order valence-corrected chi connectivity index (χ4v) is 3.57. The van der Waals surface area contributed by atoms with Gasteiger partial charge in [0.1, 0.15) is 5.75 Å². The molecule has 3 amide bonds. The summed E-state index contributed by atoms with van der Waals surface area (Å²) in [6.45, 7) is -0.237. The molecule has 0 radical (unpaired) electrons. The molecule has 1 fully saturated rings. The number of fused-ring (bicyclic) bond motifs is 1. The Labute approximate surface area is 168 Å². The Hall–Kier alpha value is -3.69. The van der Waals surface area contributed by atoms with E-state index < -0.39 is 29.2 Å². The molecule has 4 rings (SSSR count). The highest BCUT2D eigenvalue weighted by atomic mass is 19.4. The number of urea groups is 1. The maximum Gasteiger partial charge on any atom is 0.416 e. The topological polar surface area (TPSA) is 92.6 Å². The molecule has 30 heavy (non-hydrogen) atoms. The number of nitrogens with one attached hydrogen (secondary N) is 2. The van der Waals surface area contributed by atoms with Crippen molar-refractivity contribution >= 4 is 22.7 Å². The van der Waals surface area contributed by atoms with Gasteiger partial charge in [0.25, 0.3) is 5.91 Å². The molecule has 0 spiro atoms. The standard InChI is InChI=1S/C20H16F3N3O4/c1-30-14-7-2-11-9-26(16(27)15(11)8-14)10-19(17(28)24-18(29)25-19)12-3-5-13(6-4-12)20(21,22)23/h2-9,27H,10H2,1H3,(H2,24,25,28,29). The second-order valence-corrected chi connectivity index (χ2v) is 6.92. The molecule has 10 heteroatoms. The molecule has 0 aliphatic carbocycles. The molecule has 0 bridgehead atoms. The summed E-state index contributed by atoms with van der Waals surface area (Å²) < 4.78 is 45.2. The number of halogens is 3. The van der Waals surface area contributed by atoms with E-state index in [1.807, 2.05) is 0 Å². The smallest absolute Gasteiger partial charge is 0.416 e. The number of hydrogen-bond donors (Lipinski definition) is 3. The van der Waals surface area contributed by atoms with Gasteiger partial charge in [0.15, 0.2) is 11.4 Å². The minimum Gasteiger partial charge on any atom is -0.497 e. The van der Waals surface area contributed by atoms with Crippen molar-refractivity contribution in [3.05, 3.63) is 59.8 Å². The lowest BCUT2D eigenvalue weighted by Gasteiger charge is -2.27. The Bertz CT molecular complexity index is 1150. The maximum absolute atomic E-state index is 12.9. The van der Waals surface area contributed by atoms with Crippen molar-refractivity contribution in [3.63, 3.8) is 0 Å². The number of methoxy groups -OCH3 is 1. The number of ether oxygens (including phenoxy) is 1. The Morgan fingerprint density at radius 3 is 2.40 bits per heavy atom. The minimum atomic E-state index is -4.54. The van der Waals surface area contributed by atoms with Crippen LogP contribution in [-0.2, 0) is 23.1 Å². The predicted molar refractivity (Wildman–Crippen MR) is 100.0 cm³/mol. The molecule has 1 aliphatic rings. The summed E-state index contributed by atoms with van der Waals surface area (Å²) in [6.07, 6.45) is -2.96. The molecule has 1 atom stereocenters. The van der Waals surface area contributed by atoms with Crippen LogP contribution >= 0.6 is 0 Å². The number of nitrogens with zero attached hydrogens (tertiary/aromatic N) is 1. The molecule has 7 nitrogen and oxygen atoms in total. The molecule has 1 aromatic heterocycles. The number of carbonyl (C=O) groups is 2. The van der Waals surface area contributed by atoms with E-state index >= 15 is 0 Å². The van der Waals surface area contributed by atoms with E-state index in [1.165, 1.54) is 11.7 Å². The lowest BCUT2D eigenvalue weighted by atomic mass is 9.89. The normalized spacial score (nSPS) is 19.1. The van der Waals surface area contributed by atoms with Crippen molar-refractivity contribution in [3.8, 4) is 11.6 Å². The molecule has 1 unspecified atom stereocenters. The summed E-state index contributed by atoms with van der Waals surface area (Å²) in [7, 11) is 1.48. The van der Waals surface area contributed by atoms with Crippen molar-refractivity contribution in [2.24, 2.45) is 0 Å². The maximum atomic E-state index is 12.9. The number of rotatable bonds is 4. The van der Waals surface area contributed by atoms with Crippen LogP contribution in [-0.4, -0.2) is 28.7 Å². The average Bonchev–Trinajstić information content (AvgIpc) is 3.17. The molecule has 2 heterocycles. The molecule has 3 aromatic rings. The van der Waals surface area contributed by atoms with Gasteiger partial charge in [-0.2, -0.15) is 13.2 Å². The average molecular weight is 419 g/mol. The Morgan fingerprint density at radius 1 is 1.13 bits per heavy atom. The van der Waals surface area contributed by atoms with Gasteiger partial charge in [0.2, 0.25) is 0 Å². The Morgan fingerprint density at radius 2 is 1.83 bits per heavy atom. The van der Waals surface area contributed by atoms with Crippen molar-refractivity contribution in [2.75, 3.05) is 7.11 Å². The summed E-state index contributed by atoms with van der Waals surface area (Å²) in [5.41, 5.74) is -2.43. The zero-order chi connectivity index (χ0) is 21.7. The first-order valence-electron chi connectivity index (χ1n) is 8.81. The van der Waals surface area contributed by atoms with E-state index in [2.05, 4.69) is 10.6 Å². The molecule has 2 aromatic carbocycles. The van der Waals surface area contributed by atoms with Gasteiger partial charge in [-0.05, 0) is 35.9 Å². The second-order valence-electron chi connectivity index (χ2n) is 6.92. The molecular formula is C20H16F3N3O4. The molecule has 156 valence electrons. The number of imide groups is 1. The summed E-state index contributed by atoms with van der Waals surface area (Å²) in [5.74, 6) is -0.397. The largest absolute Gasteiger partial charge is 0.497 e. The lowest BCUT2D eigenvalue weighted by Crippen LogP contribution is -2.47. The van der Waals surface area contributed by atoms with Crippen LogP contribution in [0.2, 0.25) is 0 Å². The van der Waals surface area contributed by atoms with Gasteiger partial charge in [0, 0.05) is 17.0 Å². The zero-order valence-electron chi connectivity index (χ0n) is 15.6. The number of benzene rings is 2. The van der Waals surface area contributed by atoms with E-state index in [0.29, 0.717) is 16.5 Å². The van der Waals surface area contributed by atoms with Gasteiger partial charge >= 0.3 is 12.2 Å². The van der Waals surface area contributed by atoms with E-state index in [1.54, 1.807) is 24.4 Å². The second kappa shape index (κ2) is 6.68. The SMILES string of the molecule is COc1ccc2cn(CC3(c4ccc(C(F)(F)F)cc4)NC(=O)NC3=O)c(O)c2c1. The minimum absolute atomic E-state index is 0.147. The van der Waals surface area contributed by atoms with Gasteiger partial charge in [-0.1, -0.05) is 12.1 Å². The predicted octanol–water partition coefficient (Wildman–Crippen LogP) is 3.11. The van der Waals surface area contributed by atoms with Crippen LogP contribution in [0.4, 0.5) is 18.0 Å². The third-order valence-electron chi connectivity index (χ3n) is 5.12. The van der Waals surface area contributed by atoms with Crippen molar-refractivity contribution in [2.45, 2.75) is 18.3 Å². The first kappa shape index (κ1) is 19.6. The van der Waals surface area contributed by atoms with E-state index in [-0.39, 0.29) is 18.0 Å². The van der Waals surface area contributed by atoms with Crippen LogP contribution in [0.25, 0.3) is 10.8 Å². The molecule has 0 saturated carbocycles. The van der Waals surface area contributed by atoms with Crippen molar-refractivity contribution in [1.29, 1.82) is 0 Å². The highest BCUT2D eigenvalue weighted by Gasteiger charge is 2.48. The first-order chi connectivity index (χ1) is 14.1. The van der Waals surface area contributed by atoms with Crippen LogP contribution < -0.4 is 15.4 Å². The van der Waals surface area contributed by atoms with Gasteiger partial charge in [0.05, 0.1) is 19.2 Å². The Kier molecular flexibility index (Phi) is 4.37. The molecule has 3 N–H and O–H groups in total. The van der Waals surface area contributed by atoms with Crippen LogP contribution in [0.1, 0.15) is 11.1 Å². The number of carbonyl (C=O) groups excluding carboxylic acids is 2. The first-order valence-corrected chi connectivity index (χ1v) is 8.81. The van der Waals surface area contributed by atoms with Crippen molar-refractivity contribution < 1.29 is 32.6 Å². The summed E-state index contributed by atoms with van der Waals surface area (Å²) in [5, 5.41) is 16.4. The summed E-state index contributed by atoms with van der Waals surface area (Å²) in [6, 6.07) is 8.19. The van der Waals surface area contributed by atoms with Gasteiger partial charge in [-0.3, -0.25) is 10.1 Å². The van der Waals surface area contributed by atoms with Crippen LogP contribution in [0.15, 0.2) is 48.7 Å². The Balaban J connectivity index is 1.79. The highest BCUT2D eigenvalue weighted by Crippen LogP contribution is 2.36. The zero-order valence-corrected chi connectivity index (χ0v) is 15.6. The number of hydrogen-bond acceptors (Lipinski definition) is 4. The van der Waals surface area contributed by atoms with E-state index in [9.17, 15) is 27.9 Å². The summed E-state index contributed by atoms with van der Waals surface area (Å²) >= 11 is 0. The third-order valence-corrected chi connectivity index (χ3v) is 5.12. The van der Waals surface area contributed by atoms with Crippen molar-refractivity contribution in [1.82, 2.24) is 15.2 Å². The van der Waals surface area contributed by atoms with Gasteiger partial charge in [-0.15, -0.1) is 0 Å². The monoisotopic (exact) mass is 419 g/mol. The van der Waals surface area contributed by atoms with Crippen LogP contribution in [0.3, 0.4) is 0 Å². The molecule has 1 aliphatic heterocycles. The van der Waals surface area contributed by atoms with Crippen LogP contribution in [0.5, 0.6) is 11.6 Å². The fourth-order valence-electron chi connectivity index (χ4n) is 3.57. The summed E-state index contributed by atoms with van der Waals surface area (Å²) in [4.78, 5) is 24.6. The number of aromatic nitrogens is 1. The van der Waals surface area contributed by atoms with E-state index in [0.717, 1.165) is 24.3 Å². The highest BCUT2D eigenvalue weighted by molar-refractivity contribution is 6.07. The third kappa shape index (κ3) is 3.10. The van der Waals surface area contributed by atoms with E-state index in [4.69, 9.17) is 4.74 Å². The van der Waals surface area contributed by atoms with Gasteiger partial charge < -0.3 is 19.7 Å². The number of alkyl halides is 3. The molecule has 1 saturated heterocycles. The lowest BCUT2D eigenvalue weighted by molar-refractivity contribution is -0.137. The molecular weight excluding hydrogens is 403 g/mol. The number of aromatic hydroxyl groups is 1. The number of amides is 3.